The molecule has 0 spiro atoms. The molecule has 0 aliphatic heterocycles. The highest BCUT2D eigenvalue weighted by Gasteiger charge is 2.80. The molecule has 0 saturated heterocycles. The number of hydrogen-bond acceptors (Lipinski definition) is 2. The van der Waals surface area contributed by atoms with E-state index in [-0.39, 0.29) is 11.1 Å². The zero-order chi connectivity index (χ0) is 30.2. The third-order valence-electron chi connectivity index (χ3n) is 7.15. The largest absolute Gasteiger partial charge is 0.380 e. The Hall–Kier alpha value is -2.41. The zero-order valence-corrected chi connectivity index (χ0v) is 27.1. The second kappa shape index (κ2) is 9.82. The van der Waals surface area contributed by atoms with Crippen LogP contribution in [-0.4, -0.2) is 33.9 Å². The van der Waals surface area contributed by atoms with E-state index >= 15 is 26.3 Å². The molecule has 0 amide bonds. The van der Waals surface area contributed by atoms with Crippen molar-refractivity contribution in [1.82, 2.24) is 0 Å². The first-order chi connectivity index (χ1) is 18.9. The van der Waals surface area contributed by atoms with Crippen molar-refractivity contribution in [3.63, 3.8) is 0 Å². The summed E-state index contributed by atoms with van der Waals surface area (Å²) in [5.41, 5.74) is -1.40. The van der Waals surface area contributed by atoms with E-state index in [1.54, 1.807) is 48.5 Å². The Balaban J connectivity index is 1.91. The van der Waals surface area contributed by atoms with E-state index in [4.69, 9.17) is 0 Å². The van der Waals surface area contributed by atoms with Crippen LogP contribution in [0.3, 0.4) is 0 Å². The first-order valence-electron chi connectivity index (χ1n) is 13.2. The molecule has 10 heteroatoms. The van der Waals surface area contributed by atoms with Gasteiger partial charge in [-0.25, -0.2) is 0 Å². The summed E-state index contributed by atoms with van der Waals surface area (Å²) in [7, 11) is -4.94. The molecular formula is C31H30F6S2Si2. The number of hydrogen-bond donors (Lipinski definition) is 0. The standard InChI is InChI=1S/C31H30F6S2Si2/c1-40(2,3)27-21(17-23(38-27)19-13-9-7-10-14-19)25-26(30(34,35)31(36,37)29(25,32)33)22-18-24(20-15-11-8-12-16-20)39-28(22)41(4,5)6/h7-18H,1-6H3. The lowest BCUT2D eigenvalue weighted by Gasteiger charge is -2.26. The Morgan fingerprint density at radius 1 is 0.512 bits per heavy atom. The van der Waals surface area contributed by atoms with E-state index in [0.29, 0.717) is 18.8 Å². The summed E-state index contributed by atoms with van der Waals surface area (Å²) in [4.78, 5) is 1.17. The molecule has 5 rings (SSSR count). The fraction of sp³-hybridized carbons (Fsp3) is 0.290. The van der Waals surface area contributed by atoms with Crippen molar-refractivity contribution in [1.29, 1.82) is 0 Å². The summed E-state index contributed by atoms with van der Waals surface area (Å²) < 4.78 is 95.7. The second-order valence-electron chi connectivity index (χ2n) is 12.4. The minimum atomic E-state index is -5.60. The minimum absolute atomic E-state index is 0.182. The summed E-state index contributed by atoms with van der Waals surface area (Å²) >= 11 is 2.46. The van der Waals surface area contributed by atoms with Crippen LogP contribution in [0.2, 0.25) is 39.3 Å². The first-order valence-corrected chi connectivity index (χ1v) is 21.8. The average Bonchev–Trinajstić information content (AvgIpc) is 3.55. The molecule has 216 valence electrons. The normalized spacial score (nSPS) is 18.2. The van der Waals surface area contributed by atoms with Crippen molar-refractivity contribution in [3.05, 3.63) is 83.9 Å². The van der Waals surface area contributed by atoms with E-state index in [1.807, 2.05) is 51.4 Å². The molecule has 1 aliphatic rings. The lowest BCUT2D eigenvalue weighted by atomic mass is 9.97. The summed E-state index contributed by atoms with van der Waals surface area (Å²) in [6.45, 7) is 11.5. The van der Waals surface area contributed by atoms with Gasteiger partial charge in [0.2, 0.25) is 0 Å². The smallest absolute Gasteiger partial charge is 0.194 e. The highest BCUT2D eigenvalue weighted by Crippen LogP contribution is 2.65. The number of rotatable bonds is 6. The lowest BCUT2D eigenvalue weighted by molar-refractivity contribution is -0.254. The molecule has 0 nitrogen and oxygen atoms in total. The van der Waals surface area contributed by atoms with E-state index in [1.165, 1.54) is 34.8 Å². The molecular weight excluding hydrogens is 607 g/mol. The summed E-state index contributed by atoms with van der Waals surface area (Å²) in [5, 5.41) is 0. The predicted octanol–water partition coefficient (Wildman–Crippen LogP) is 10.1. The van der Waals surface area contributed by atoms with Crippen LogP contribution in [0.25, 0.3) is 32.0 Å². The number of thiophene rings is 2. The monoisotopic (exact) mass is 636 g/mol. The third-order valence-corrected chi connectivity index (χ3v) is 16.7. The Morgan fingerprint density at radius 3 is 1.12 bits per heavy atom. The number of alkyl halides is 6. The van der Waals surface area contributed by atoms with Gasteiger partial charge in [0.1, 0.15) is 0 Å². The van der Waals surface area contributed by atoms with Crippen molar-refractivity contribution in [2.24, 2.45) is 0 Å². The van der Waals surface area contributed by atoms with Crippen LogP contribution in [0.1, 0.15) is 11.1 Å². The molecule has 0 bridgehead atoms. The molecule has 2 aromatic heterocycles. The fourth-order valence-electron chi connectivity index (χ4n) is 5.19. The van der Waals surface area contributed by atoms with Gasteiger partial charge in [-0.05, 0) is 43.4 Å². The summed E-state index contributed by atoms with van der Waals surface area (Å²) in [6, 6.07) is 20.8. The van der Waals surface area contributed by atoms with Crippen LogP contribution in [0, 0.1) is 0 Å². The molecule has 4 aromatic rings. The maximum atomic E-state index is 16.0. The Morgan fingerprint density at radius 2 is 0.829 bits per heavy atom. The van der Waals surface area contributed by atoms with Crippen molar-refractivity contribution in [2.45, 2.75) is 57.0 Å². The minimum Gasteiger partial charge on any atom is -0.194 e. The molecule has 0 saturated carbocycles. The quantitative estimate of drug-likeness (QED) is 0.146. The van der Waals surface area contributed by atoms with E-state index < -0.39 is 45.1 Å². The molecule has 0 fully saturated rings. The lowest BCUT2D eigenvalue weighted by Crippen LogP contribution is -2.49. The maximum absolute atomic E-state index is 16.0. The number of benzene rings is 2. The van der Waals surface area contributed by atoms with Gasteiger partial charge in [-0.2, -0.15) is 26.3 Å². The molecule has 0 N–H and O–H groups in total. The van der Waals surface area contributed by atoms with Gasteiger partial charge in [0.15, 0.2) is 0 Å². The van der Waals surface area contributed by atoms with Gasteiger partial charge >= 0.3 is 17.8 Å². The highest BCUT2D eigenvalue weighted by atomic mass is 32.1. The topological polar surface area (TPSA) is 0 Å². The predicted molar refractivity (Wildman–Crippen MR) is 167 cm³/mol. The van der Waals surface area contributed by atoms with Crippen LogP contribution in [0.5, 0.6) is 0 Å². The molecule has 0 radical (unpaired) electrons. The van der Waals surface area contributed by atoms with Crippen molar-refractivity contribution in [2.75, 3.05) is 0 Å². The average molecular weight is 637 g/mol. The zero-order valence-electron chi connectivity index (χ0n) is 23.5. The Labute approximate surface area is 246 Å². The second-order valence-corrected chi connectivity index (χ2v) is 25.2. The third kappa shape index (κ3) is 4.80. The van der Waals surface area contributed by atoms with Gasteiger partial charge in [0, 0.05) is 20.9 Å². The van der Waals surface area contributed by atoms with Gasteiger partial charge in [-0.3, -0.25) is 0 Å². The SMILES string of the molecule is C[Si](C)(C)c1sc(-c2ccccc2)cc1C1=C(c2cc(-c3ccccc3)sc2[Si](C)(C)C)C(F)(F)C(F)(F)C1(F)F. The van der Waals surface area contributed by atoms with Crippen LogP contribution in [0.15, 0.2) is 72.8 Å². The highest BCUT2D eigenvalue weighted by molar-refractivity contribution is 7.30. The van der Waals surface area contributed by atoms with E-state index in [0.717, 1.165) is 11.1 Å². The van der Waals surface area contributed by atoms with E-state index in [2.05, 4.69) is 0 Å². The van der Waals surface area contributed by atoms with Gasteiger partial charge in [-0.1, -0.05) is 99.9 Å². The van der Waals surface area contributed by atoms with Crippen molar-refractivity contribution >= 4 is 59.0 Å². The van der Waals surface area contributed by atoms with Crippen molar-refractivity contribution in [3.8, 4) is 20.9 Å². The molecule has 1 aliphatic carbocycles. The number of allylic oxidation sites excluding steroid dienone is 2. The van der Waals surface area contributed by atoms with Crippen LogP contribution in [0.4, 0.5) is 26.3 Å². The van der Waals surface area contributed by atoms with Crippen LogP contribution < -0.4 is 9.00 Å². The van der Waals surface area contributed by atoms with Gasteiger partial charge in [-0.15, -0.1) is 22.7 Å². The van der Waals surface area contributed by atoms with Crippen LogP contribution >= 0.6 is 22.7 Å². The molecule has 0 atom stereocenters. The summed E-state index contributed by atoms with van der Waals surface area (Å²) in [5.74, 6) is -15.8. The van der Waals surface area contributed by atoms with E-state index in [9.17, 15) is 0 Å². The van der Waals surface area contributed by atoms with Gasteiger partial charge in [0.05, 0.1) is 16.1 Å². The van der Waals surface area contributed by atoms with Gasteiger partial charge in [0.25, 0.3) is 0 Å². The molecule has 2 heterocycles. The van der Waals surface area contributed by atoms with Gasteiger partial charge < -0.3 is 0 Å². The molecule has 41 heavy (non-hydrogen) atoms. The Kier molecular flexibility index (Phi) is 7.20. The molecule has 2 aromatic carbocycles. The van der Waals surface area contributed by atoms with Crippen molar-refractivity contribution < 1.29 is 26.3 Å². The Bertz CT molecular complexity index is 1500. The first kappa shape index (κ1) is 30.1. The molecule has 0 unspecified atom stereocenters. The van der Waals surface area contributed by atoms with Crippen LogP contribution in [-0.2, 0) is 0 Å². The maximum Gasteiger partial charge on any atom is 0.380 e. The fourth-order valence-corrected chi connectivity index (χ4v) is 12.2. The number of halogens is 6. The summed E-state index contributed by atoms with van der Waals surface area (Å²) in [6.07, 6.45) is 0.